The molecule has 0 bridgehead atoms. The maximum atomic E-state index is 11.3. The number of esters is 1. The monoisotopic (exact) mass is 305 g/mol. The zero-order valence-corrected chi connectivity index (χ0v) is 11.4. The smallest absolute Gasteiger partial charge is 0.325 e. The second kappa shape index (κ2) is 6.11. The van der Waals surface area contributed by atoms with E-state index in [0.29, 0.717) is 5.02 Å². The third-order valence-electron chi connectivity index (χ3n) is 1.72. The van der Waals surface area contributed by atoms with E-state index in [0.717, 1.165) is 10.2 Å². The highest BCUT2D eigenvalue weighted by Gasteiger charge is 2.06. The van der Waals surface area contributed by atoms with E-state index in [-0.39, 0.29) is 18.6 Å². The van der Waals surface area contributed by atoms with E-state index in [1.165, 1.54) is 0 Å². The minimum atomic E-state index is -0.290. The Bertz CT molecular complexity index is 382. The molecule has 0 atom stereocenters. The lowest BCUT2D eigenvalue weighted by atomic mass is 10.3. The van der Waals surface area contributed by atoms with Crippen molar-refractivity contribution in [2.75, 3.05) is 11.9 Å². The van der Waals surface area contributed by atoms with Crippen molar-refractivity contribution in [1.29, 1.82) is 0 Å². The lowest BCUT2D eigenvalue weighted by molar-refractivity contribution is -0.145. The molecule has 0 spiro atoms. The number of rotatable bonds is 4. The van der Waals surface area contributed by atoms with Gasteiger partial charge in [0.1, 0.15) is 6.54 Å². The third-order valence-corrected chi connectivity index (χ3v) is 2.65. The van der Waals surface area contributed by atoms with Gasteiger partial charge in [-0.1, -0.05) is 11.6 Å². The van der Waals surface area contributed by atoms with Gasteiger partial charge in [0, 0.05) is 9.50 Å². The molecule has 88 valence electrons. The molecule has 5 heteroatoms. The van der Waals surface area contributed by atoms with Crippen LogP contribution in [0.5, 0.6) is 0 Å². The number of carbonyl (C=O) groups excluding carboxylic acids is 1. The summed E-state index contributed by atoms with van der Waals surface area (Å²) in [6.45, 7) is 3.75. The van der Waals surface area contributed by atoms with Gasteiger partial charge in [-0.05, 0) is 48.0 Å². The van der Waals surface area contributed by atoms with Gasteiger partial charge in [-0.2, -0.15) is 0 Å². The van der Waals surface area contributed by atoms with Crippen molar-refractivity contribution in [1.82, 2.24) is 0 Å². The Morgan fingerprint density at radius 2 is 2.25 bits per heavy atom. The molecule has 1 rings (SSSR count). The van der Waals surface area contributed by atoms with Crippen molar-refractivity contribution in [3.63, 3.8) is 0 Å². The van der Waals surface area contributed by atoms with Crippen LogP contribution in [0.4, 0.5) is 5.69 Å². The number of nitrogens with one attached hydrogen (secondary N) is 1. The predicted molar refractivity (Wildman–Crippen MR) is 68.9 cm³/mol. The predicted octanol–water partition coefficient (Wildman–Crippen LogP) is 3.47. The van der Waals surface area contributed by atoms with Crippen LogP contribution in [-0.2, 0) is 9.53 Å². The standard InChI is InChI=1S/C11H13BrClNO2/c1-7(2)16-11(15)6-14-10-5-8(13)3-4-9(10)12/h3-5,7,14H,6H2,1-2H3. The maximum Gasteiger partial charge on any atom is 0.325 e. The molecule has 0 saturated heterocycles. The molecule has 1 aromatic carbocycles. The first kappa shape index (κ1) is 13.3. The fourth-order valence-corrected chi connectivity index (χ4v) is 1.66. The number of carbonyl (C=O) groups is 1. The van der Waals surface area contributed by atoms with E-state index in [1.807, 2.05) is 19.9 Å². The number of hydrogen-bond donors (Lipinski definition) is 1. The van der Waals surface area contributed by atoms with Crippen molar-refractivity contribution in [2.24, 2.45) is 0 Å². The highest BCUT2D eigenvalue weighted by molar-refractivity contribution is 9.10. The van der Waals surface area contributed by atoms with Gasteiger partial charge in [-0.3, -0.25) is 4.79 Å². The molecule has 1 aromatic rings. The fraction of sp³-hybridized carbons (Fsp3) is 0.364. The second-order valence-corrected chi connectivity index (χ2v) is 4.81. The van der Waals surface area contributed by atoms with Crippen LogP contribution in [0.25, 0.3) is 0 Å². The normalized spacial score (nSPS) is 10.3. The SMILES string of the molecule is CC(C)OC(=O)CNc1cc(Cl)ccc1Br. The molecule has 0 fully saturated rings. The molecule has 0 radical (unpaired) electrons. The van der Waals surface area contributed by atoms with Gasteiger partial charge in [0.2, 0.25) is 0 Å². The molecule has 1 N–H and O–H groups in total. The number of anilines is 1. The van der Waals surface area contributed by atoms with E-state index in [9.17, 15) is 4.79 Å². The summed E-state index contributed by atoms with van der Waals surface area (Å²) in [6, 6.07) is 5.33. The van der Waals surface area contributed by atoms with Crippen LogP contribution >= 0.6 is 27.5 Å². The van der Waals surface area contributed by atoms with Crippen LogP contribution in [0.2, 0.25) is 5.02 Å². The van der Waals surface area contributed by atoms with E-state index in [4.69, 9.17) is 16.3 Å². The number of hydrogen-bond acceptors (Lipinski definition) is 3. The average molecular weight is 307 g/mol. The summed E-state index contributed by atoms with van der Waals surface area (Å²) in [5.74, 6) is -0.290. The van der Waals surface area contributed by atoms with Gasteiger partial charge in [0.15, 0.2) is 0 Å². The first-order chi connectivity index (χ1) is 7.49. The van der Waals surface area contributed by atoms with Crippen LogP contribution in [0.3, 0.4) is 0 Å². The zero-order valence-electron chi connectivity index (χ0n) is 9.09. The van der Waals surface area contributed by atoms with Crippen LogP contribution in [-0.4, -0.2) is 18.6 Å². The van der Waals surface area contributed by atoms with Crippen LogP contribution in [0.15, 0.2) is 22.7 Å². The molecule has 0 saturated carbocycles. The second-order valence-electron chi connectivity index (χ2n) is 3.52. The minimum absolute atomic E-state index is 0.0999. The third kappa shape index (κ3) is 4.41. The van der Waals surface area contributed by atoms with E-state index in [2.05, 4.69) is 21.2 Å². The molecular weight excluding hydrogens is 293 g/mol. The Hall–Kier alpha value is -0.740. The first-order valence-corrected chi connectivity index (χ1v) is 6.04. The molecule has 0 aliphatic rings. The Labute approximate surface area is 108 Å². The van der Waals surface area contributed by atoms with E-state index < -0.39 is 0 Å². The summed E-state index contributed by atoms with van der Waals surface area (Å²) in [5, 5.41) is 3.57. The molecule has 16 heavy (non-hydrogen) atoms. The van der Waals surface area contributed by atoms with Gasteiger partial charge < -0.3 is 10.1 Å². The van der Waals surface area contributed by atoms with Crippen LogP contribution in [0, 0.1) is 0 Å². The van der Waals surface area contributed by atoms with Crippen molar-refractivity contribution >= 4 is 39.2 Å². The molecule has 0 aliphatic carbocycles. The summed E-state index contributed by atoms with van der Waals surface area (Å²) in [6.07, 6.45) is -0.0999. The molecule has 0 aromatic heterocycles. The molecule has 0 aliphatic heterocycles. The Kier molecular flexibility index (Phi) is 5.09. The van der Waals surface area contributed by atoms with Crippen molar-refractivity contribution in [3.05, 3.63) is 27.7 Å². The van der Waals surface area contributed by atoms with Crippen molar-refractivity contribution in [2.45, 2.75) is 20.0 Å². The number of halogens is 2. The summed E-state index contributed by atoms with van der Waals surface area (Å²) < 4.78 is 5.85. The minimum Gasteiger partial charge on any atom is -0.462 e. The molecule has 0 amide bonds. The quantitative estimate of drug-likeness (QED) is 0.866. The number of ether oxygens (including phenoxy) is 1. The highest BCUT2D eigenvalue weighted by Crippen LogP contribution is 2.25. The van der Waals surface area contributed by atoms with Gasteiger partial charge in [-0.25, -0.2) is 0 Å². The van der Waals surface area contributed by atoms with Crippen LogP contribution in [0.1, 0.15) is 13.8 Å². The van der Waals surface area contributed by atoms with Gasteiger partial charge in [0.05, 0.1) is 11.8 Å². The van der Waals surface area contributed by atoms with Gasteiger partial charge in [0.25, 0.3) is 0 Å². The molecular formula is C11H13BrClNO2. The topological polar surface area (TPSA) is 38.3 Å². The largest absolute Gasteiger partial charge is 0.462 e. The molecule has 0 heterocycles. The Balaban J connectivity index is 2.54. The summed E-state index contributed by atoms with van der Waals surface area (Å²) in [4.78, 5) is 11.3. The summed E-state index contributed by atoms with van der Waals surface area (Å²) in [7, 11) is 0. The van der Waals surface area contributed by atoms with E-state index >= 15 is 0 Å². The summed E-state index contributed by atoms with van der Waals surface area (Å²) >= 11 is 9.20. The summed E-state index contributed by atoms with van der Waals surface area (Å²) in [5.41, 5.74) is 0.771. The maximum absolute atomic E-state index is 11.3. The van der Waals surface area contributed by atoms with E-state index in [1.54, 1.807) is 12.1 Å². The Morgan fingerprint density at radius 3 is 2.88 bits per heavy atom. The number of benzene rings is 1. The van der Waals surface area contributed by atoms with Crippen molar-refractivity contribution in [3.8, 4) is 0 Å². The molecule has 3 nitrogen and oxygen atoms in total. The zero-order chi connectivity index (χ0) is 12.1. The lowest BCUT2D eigenvalue weighted by Gasteiger charge is -2.10. The highest BCUT2D eigenvalue weighted by atomic mass is 79.9. The Morgan fingerprint density at radius 1 is 1.56 bits per heavy atom. The average Bonchev–Trinajstić information content (AvgIpc) is 2.18. The lowest BCUT2D eigenvalue weighted by Crippen LogP contribution is -2.20. The van der Waals surface area contributed by atoms with Gasteiger partial charge in [-0.15, -0.1) is 0 Å². The fourth-order valence-electron chi connectivity index (χ4n) is 1.10. The van der Waals surface area contributed by atoms with Crippen molar-refractivity contribution < 1.29 is 9.53 Å². The van der Waals surface area contributed by atoms with Gasteiger partial charge >= 0.3 is 5.97 Å². The molecule has 0 unspecified atom stereocenters. The van der Waals surface area contributed by atoms with Crippen LogP contribution < -0.4 is 5.32 Å². The first-order valence-electron chi connectivity index (χ1n) is 4.87.